The zero-order chi connectivity index (χ0) is 12.7. The molecule has 17 heavy (non-hydrogen) atoms. The molecule has 4 heteroatoms. The Morgan fingerprint density at radius 1 is 1.24 bits per heavy atom. The highest BCUT2D eigenvalue weighted by Crippen LogP contribution is 2.22. The lowest BCUT2D eigenvalue weighted by Gasteiger charge is -2.37. The fraction of sp³-hybridized carbons (Fsp3) is 1.00. The predicted molar refractivity (Wildman–Crippen MR) is 73.6 cm³/mol. The third-order valence-electron chi connectivity index (χ3n) is 3.80. The largest absolute Gasteiger partial charge is 0.306 e. The zero-order valence-electron chi connectivity index (χ0n) is 11.2. The van der Waals surface area contributed by atoms with Gasteiger partial charge in [-0.05, 0) is 38.8 Å². The average Bonchev–Trinajstić information content (AvgIpc) is 2.35. The summed E-state index contributed by atoms with van der Waals surface area (Å²) >= 11 is -1.68. The van der Waals surface area contributed by atoms with Crippen LogP contribution in [0.15, 0.2) is 0 Å². The minimum Gasteiger partial charge on any atom is -0.306 e. The number of piperidine rings is 1. The van der Waals surface area contributed by atoms with E-state index in [9.17, 15) is 8.76 Å². The molecular weight excluding hydrogens is 234 g/mol. The van der Waals surface area contributed by atoms with Gasteiger partial charge in [0.1, 0.15) is 0 Å². The number of hydrogen-bond donors (Lipinski definition) is 1. The third-order valence-corrected chi connectivity index (χ3v) is 4.97. The van der Waals surface area contributed by atoms with Gasteiger partial charge in [0.25, 0.3) is 0 Å². The number of likely N-dealkylation sites (tertiary alicyclic amines) is 1. The van der Waals surface area contributed by atoms with Crippen molar-refractivity contribution < 1.29 is 8.76 Å². The van der Waals surface area contributed by atoms with Crippen molar-refractivity contribution in [2.75, 3.05) is 13.1 Å². The van der Waals surface area contributed by atoms with Crippen LogP contribution in [0.4, 0.5) is 0 Å². The smallest absolute Gasteiger partial charge is 0.157 e. The van der Waals surface area contributed by atoms with Crippen LogP contribution in [0.2, 0.25) is 0 Å². The van der Waals surface area contributed by atoms with E-state index in [-0.39, 0.29) is 5.25 Å². The standard InChI is InChI=1S/C13H27NO2S/c1-3-5-9-12(13(4-2)17(15)16)14-10-7-6-8-11-14/h12-13H,3-11H2,1-2H3,(H,15,16). The fourth-order valence-corrected chi connectivity index (χ4v) is 3.68. The topological polar surface area (TPSA) is 40.5 Å². The molecule has 0 radical (unpaired) electrons. The Balaban J connectivity index is 2.65. The van der Waals surface area contributed by atoms with Crippen LogP contribution in [0.25, 0.3) is 0 Å². The van der Waals surface area contributed by atoms with Crippen molar-refractivity contribution in [1.29, 1.82) is 0 Å². The third kappa shape index (κ3) is 4.68. The Hall–Kier alpha value is 0.0700. The maximum atomic E-state index is 11.5. The maximum absolute atomic E-state index is 11.5. The number of nitrogens with zero attached hydrogens (tertiary/aromatic N) is 1. The average molecular weight is 261 g/mol. The van der Waals surface area contributed by atoms with Gasteiger partial charge in [0, 0.05) is 6.04 Å². The van der Waals surface area contributed by atoms with Crippen LogP contribution in [0, 0.1) is 0 Å². The molecule has 0 aromatic carbocycles. The highest BCUT2D eigenvalue weighted by Gasteiger charge is 2.30. The molecule has 1 rings (SSSR count). The summed E-state index contributed by atoms with van der Waals surface area (Å²) in [6.45, 7) is 6.44. The molecule has 102 valence electrons. The lowest BCUT2D eigenvalue weighted by molar-refractivity contribution is 0.146. The summed E-state index contributed by atoms with van der Waals surface area (Å²) in [6.07, 6.45) is 8.01. The van der Waals surface area contributed by atoms with E-state index in [1.165, 1.54) is 25.7 Å². The summed E-state index contributed by atoms with van der Waals surface area (Å²) in [4.78, 5) is 2.46. The minimum atomic E-state index is -1.68. The Morgan fingerprint density at radius 3 is 2.35 bits per heavy atom. The van der Waals surface area contributed by atoms with E-state index < -0.39 is 11.1 Å². The van der Waals surface area contributed by atoms with E-state index in [1.54, 1.807) is 0 Å². The number of hydrogen-bond acceptors (Lipinski definition) is 2. The molecule has 0 aromatic rings. The van der Waals surface area contributed by atoms with Gasteiger partial charge in [-0.25, -0.2) is 4.21 Å². The lowest BCUT2D eigenvalue weighted by atomic mass is 9.99. The van der Waals surface area contributed by atoms with Gasteiger partial charge < -0.3 is 4.55 Å². The number of rotatable bonds is 7. The van der Waals surface area contributed by atoms with Crippen molar-refractivity contribution in [2.45, 2.75) is 70.1 Å². The summed E-state index contributed by atoms with van der Waals surface area (Å²) in [5.41, 5.74) is 0. The lowest BCUT2D eigenvalue weighted by Crippen LogP contribution is -2.47. The van der Waals surface area contributed by atoms with Crippen LogP contribution in [-0.4, -0.2) is 38.0 Å². The molecular formula is C13H27NO2S. The first kappa shape index (κ1) is 15.1. The molecule has 0 amide bonds. The van der Waals surface area contributed by atoms with Crippen LogP contribution in [0.1, 0.15) is 58.8 Å². The summed E-state index contributed by atoms with van der Waals surface area (Å²) in [5.74, 6) is 0. The van der Waals surface area contributed by atoms with Gasteiger partial charge in [0.2, 0.25) is 0 Å². The number of unbranched alkanes of at least 4 members (excludes halogenated alkanes) is 1. The molecule has 0 aromatic heterocycles. The highest BCUT2D eigenvalue weighted by atomic mass is 32.2. The second-order valence-corrected chi connectivity index (χ2v) is 6.19. The van der Waals surface area contributed by atoms with E-state index in [4.69, 9.17) is 0 Å². The van der Waals surface area contributed by atoms with Crippen LogP contribution in [0.5, 0.6) is 0 Å². The summed E-state index contributed by atoms with van der Waals surface area (Å²) in [5, 5.41) is -0.0698. The summed E-state index contributed by atoms with van der Waals surface area (Å²) in [7, 11) is 0. The van der Waals surface area contributed by atoms with E-state index in [0.29, 0.717) is 6.04 Å². The van der Waals surface area contributed by atoms with E-state index in [0.717, 1.165) is 32.4 Å². The minimum absolute atomic E-state index is 0.0698. The van der Waals surface area contributed by atoms with Crippen molar-refractivity contribution in [3.63, 3.8) is 0 Å². The van der Waals surface area contributed by atoms with Crippen molar-refractivity contribution in [3.05, 3.63) is 0 Å². The molecule has 1 N–H and O–H groups in total. The maximum Gasteiger partial charge on any atom is 0.157 e. The second-order valence-electron chi connectivity index (χ2n) is 5.03. The molecule has 0 spiro atoms. The predicted octanol–water partition coefficient (Wildman–Crippen LogP) is 3.03. The molecule has 0 saturated carbocycles. The Morgan fingerprint density at radius 2 is 1.88 bits per heavy atom. The molecule has 1 heterocycles. The van der Waals surface area contributed by atoms with Gasteiger partial charge in [-0.1, -0.05) is 33.1 Å². The Bertz CT molecular complexity index is 229. The Kier molecular flexibility index (Phi) is 7.32. The SMILES string of the molecule is CCCCC(C(CC)S(=O)O)N1CCCCC1. The summed E-state index contributed by atoms with van der Waals surface area (Å²) in [6, 6.07) is 0.311. The van der Waals surface area contributed by atoms with Gasteiger partial charge in [0.05, 0.1) is 5.25 Å². The van der Waals surface area contributed by atoms with Gasteiger partial charge in [-0.3, -0.25) is 4.90 Å². The molecule has 0 aliphatic carbocycles. The molecule has 1 aliphatic rings. The zero-order valence-corrected chi connectivity index (χ0v) is 12.0. The quantitative estimate of drug-likeness (QED) is 0.716. The highest BCUT2D eigenvalue weighted by molar-refractivity contribution is 7.79. The van der Waals surface area contributed by atoms with Crippen molar-refractivity contribution in [2.24, 2.45) is 0 Å². The molecule has 3 atom stereocenters. The van der Waals surface area contributed by atoms with E-state index >= 15 is 0 Å². The molecule has 1 saturated heterocycles. The fourth-order valence-electron chi connectivity index (χ4n) is 2.82. The van der Waals surface area contributed by atoms with Gasteiger partial charge >= 0.3 is 0 Å². The van der Waals surface area contributed by atoms with Crippen molar-refractivity contribution in [1.82, 2.24) is 4.90 Å². The van der Waals surface area contributed by atoms with Gasteiger partial charge in [-0.2, -0.15) is 0 Å². The second kappa shape index (κ2) is 8.22. The van der Waals surface area contributed by atoms with Crippen LogP contribution in [0.3, 0.4) is 0 Å². The monoisotopic (exact) mass is 261 g/mol. The van der Waals surface area contributed by atoms with Crippen molar-refractivity contribution >= 4 is 11.1 Å². The van der Waals surface area contributed by atoms with Crippen LogP contribution < -0.4 is 0 Å². The first-order valence-electron chi connectivity index (χ1n) is 7.04. The van der Waals surface area contributed by atoms with Gasteiger partial charge in [-0.15, -0.1) is 0 Å². The molecule has 0 bridgehead atoms. The normalized spacial score (nSPS) is 23.2. The Labute approximate surface area is 108 Å². The van der Waals surface area contributed by atoms with Gasteiger partial charge in [0.15, 0.2) is 11.1 Å². The van der Waals surface area contributed by atoms with E-state index in [2.05, 4.69) is 11.8 Å². The van der Waals surface area contributed by atoms with Crippen LogP contribution >= 0.6 is 0 Å². The first-order chi connectivity index (χ1) is 8.20. The molecule has 3 nitrogen and oxygen atoms in total. The van der Waals surface area contributed by atoms with Crippen LogP contribution in [-0.2, 0) is 11.1 Å². The van der Waals surface area contributed by atoms with Crippen molar-refractivity contribution in [3.8, 4) is 0 Å². The first-order valence-corrected chi connectivity index (χ1v) is 8.21. The molecule has 3 unspecified atom stereocenters. The summed E-state index contributed by atoms with van der Waals surface area (Å²) < 4.78 is 20.9. The molecule has 1 aliphatic heterocycles. The molecule has 1 fully saturated rings. The van der Waals surface area contributed by atoms with E-state index in [1.807, 2.05) is 6.92 Å².